The quantitative estimate of drug-likeness (QED) is 0.747. The average Bonchev–Trinajstić information content (AvgIpc) is 2.72. The van der Waals surface area contributed by atoms with Crippen molar-refractivity contribution in [2.24, 2.45) is 5.92 Å². The van der Waals surface area contributed by atoms with Crippen LogP contribution in [0.4, 0.5) is 0 Å². The van der Waals surface area contributed by atoms with Gasteiger partial charge in [-0.25, -0.2) is 0 Å². The van der Waals surface area contributed by atoms with Crippen LogP contribution in [0.5, 0.6) is 0 Å². The second-order valence-corrected chi connectivity index (χ2v) is 4.78. The van der Waals surface area contributed by atoms with Crippen molar-refractivity contribution in [2.45, 2.75) is 51.0 Å². The third kappa shape index (κ3) is 3.25. The maximum absolute atomic E-state index is 5.84. The molecule has 14 heavy (non-hydrogen) atoms. The lowest BCUT2D eigenvalue weighted by Gasteiger charge is -2.22. The average molecular weight is 197 g/mol. The van der Waals surface area contributed by atoms with Crippen LogP contribution in [0.3, 0.4) is 0 Å². The second kappa shape index (κ2) is 5.72. The molecule has 0 amide bonds. The summed E-state index contributed by atoms with van der Waals surface area (Å²) in [5, 5.41) is 3.34. The summed E-state index contributed by atoms with van der Waals surface area (Å²) < 4.78 is 5.84. The van der Waals surface area contributed by atoms with E-state index in [-0.39, 0.29) is 0 Å². The smallest absolute Gasteiger partial charge is 0.0711 e. The van der Waals surface area contributed by atoms with Gasteiger partial charge in [-0.3, -0.25) is 0 Å². The molecule has 1 saturated carbocycles. The lowest BCUT2D eigenvalue weighted by atomic mass is 9.87. The van der Waals surface area contributed by atoms with Gasteiger partial charge in [0.05, 0.1) is 6.10 Å². The molecule has 1 atom stereocenters. The van der Waals surface area contributed by atoms with E-state index in [0.717, 1.165) is 25.6 Å². The Morgan fingerprint density at radius 2 is 1.93 bits per heavy atom. The van der Waals surface area contributed by atoms with Gasteiger partial charge in [-0.2, -0.15) is 0 Å². The first kappa shape index (κ1) is 10.4. The minimum absolute atomic E-state index is 0.513. The molecule has 82 valence electrons. The summed E-state index contributed by atoms with van der Waals surface area (Å²) >= 11 is 0. The fourth-order valence-corrected chi connectivity index (χ4v) is 2.65. The van der Waals surface area contributed by atoms with E-state index in [4.69, 9.17) is 4.74 Å². The van der Waals surface area contributed by atoms with Crippen LogP contribution in [0.2, 0.25) is 0 Å². The molecular weight excluding hydrogens is 174 g/mol. The molecule has 0 aromatic carbocycles. The molecule has 1 heterocycles. The summed E-state index contributed by atoms with van der Waals surface area (Å²) in [5.41, 5.74) is 0. The number of ether oxygens (including phenoxy) is 1. The van der Waals surface area contributed by atoms with Crippen molar-refractivity contribution in [1.82, 2.24) is 5.32 Å². The van der Waals surface area contributed by atoms with Crippen LogP contribution in [0.25, 0.3) is 0 Å². The molecule has 0 unspecified atom stereocenters. The van der Waals surface area contributed by atoms with Crippen LogP contribution in [-0.2, 0) is 4.74 Å². The zero-order chi connectivity index (χ0) is 9.64. The topological polar surface area (TPSA) is 21.3 Å². The highest BCUT2D eigenvalue weighted by Crippen LogP contribution is 2.26. The molecule has 2 heteroatoms. The van der Waals surface area contributed by atoms with Gasteiger partial charge in [0.15, 0.2) is 0 Å². The first-order chi connectivity index (χ1) is 6.95. The number of nitrogens with one attached hydrogen (secondary N) is 1. The van der Waals surface area contributed by atoms with E-state index in [9.17, 15) is 0 Å². The standard InChI is InChI=1S/C12H23NO/c1-2-4-11(5-3-1)7-9-14-12-6-8-13-10-12/h11-13H,1-10H2/t12-/m0/s1. The van der Waals surface area contributed by atoms with Crippen LogP contribution >= 0.6 is 0 Å². The van der Waals surface area contributed by atoms with E-state index < -0.39 is 0 Å². The van der Waals surface area contributed by atoms with E-state index in [1.807, 2.05) is 0 Å². The predicted molar refractivity (Wildman–Crippen MR) is 58.4 cm³/mol. The zero-order valence-corrected chi connectivity index (χ0v) is 9.13. The summed E-state index contributed by atoms with van der Waals surface area (Å²) in [6, 6.07) is 0. The SMILES string of the molecule is C1CCC(CCO[C@H]2CCNC2)CC1. The van der Waals surface area contributed by atoms with E-state index in [1.165, 1.54) is 44.9 Å². The lowest BCUT2D eigenvalue weighted by molar-refractivity contribution is 0.0542. The molecule has 1 saturated heterocycles. The second-order valence-electron chi connectivity index (χ2n) is 4.78. The van der Waals surface area contributed by atoms with Crippen molar-refractivity contribution >= 4 is 0 Å². The summed E-state index contributed by atoms with van der Waals surface area (Å²) in [5.74, 6) is 0.970. The molecule has 2 rings (SSSR count). The summed E-state index contributed by atoms with van der Waals surface area (Å²) in [7, 11) is 0. The number of hydrogen-bond donors (Lipinski definition) is 1. The van der Waals surface area contributed by atoms with Gasteiger partial charge in [0.1, 0.15) is 0 Å². The molecular formula is C12H23NO. The minimum atomic E-state index is 0.513. The lowest BCUT2D eigenvalue weighted by Crippen LogP contribution is -2.19. The molecule has 1 aliphatic heterocycles. The molecule has 0 aromatic heterocycles. The van der Waals surface area contributed by atoms with Gasteiger partial charge < -0.3 is 10.1 Å². The van der Waals surface area contributed by atoms with Gasteiger partial charge >= 0.3 is 0 Å². The maximum Gasteiger partial charge on any atom is 0.0711 e. The molecule has 2 nitrogen and oxygen atoms in total. The molecule has 0 bridgehead atoms. The van der Waals surface area contributed by atoms with Gasteiger partial charge in [0.2, 0.25) is 0 Å². The summed E-state index contributed by atoms with van der Waals surface area (Å²) in [6.45, 7) is 3.22. The maximum atomic E-state index is 5.84. The Balaban J connectivity index is 1.52. The van der Waals surface area contributed by atoms with Gasteiger partial charge in [0, 0.05) is 13.2 Å². The van der Waals surface area contributed by atoms with Gasteiger partial charge in [-0.05, 0) is 25.3 Å². The van der Waals surface area contributed by atoms with Crippen molar-refractivity contribution in [3.05, 3.63) is 0 Å². The van der Waals surface area contributed by atoms with Crippen molar-refractivity contribution in [3.8, 4) is 0 Å². The Hall–Kier alpha value is -0.0800. The summed E-state index contributed by atoms with van der Waals surface area (Å²) in [6.07, 6.45) is 10.3. The first-order valence-corrected chi connectivity index (χ1v) is 6.27. The van der Waals surface area contributed by atoms with Crippen LogP contribution in [0.1, 0.15) is 44.9 Å². The van der Waals surface area contributed by atoms with Crippen LogP contribution in [-0.4, -0.2) is 25.8 Å². The van der Waals surface area contributed by atoms with Crippen molar-refractivity contribution in [1.29, 1.82) is 0 Å². The Kier molecular flexibility index (Phi) is 4.26. The van der Waals surface area contributed by atoms with E-state index in [0.29, 0.717) is 6.10 Å². The largest absolute Gasteiger partial charge is 0.377 e. The fourth-order valence-electron chi connectivity index (χ4n) is 2.65. The third-order valence-electron chi connectivity index (χ3n) is 3.62. The highest BCUT2D eigenvalue weighted by atomic mass is 16.5. The molecule has 1 aliphatic carbocycles. The molecule has 2 fully saturated rings. The Labute approximate surface area is 87.4 Å². The normalized spacial score (nSPS) is 29.6. The van der Waals surface area contributed by atoms with Crippen LogP contribution < -0.4 is 5.32 Å². The molecule has 2 aliphatic rings. The van der Waals surface area contributed by atoms with Crippen molar-refractivity contribution < 1.29 is 4.74 Å². The number of hydrogen-bond acceptors (Lipinski definition) is 2. The first-order valence-electron chi connectivity index (χ1n) is 6.27. The molecule has 0 aromatic rings. The molecule has 0 spiro atoms. The fraction of sp³-hybridized carbons (Fsp3) is 1.00. The van der Waals surface area contributed by atoms with Gasteiger partial charge in [0.25, 0.3) is 0 Å². The van der Waals surface area contributed by atoms with E-state index in [2.05, 4.69) is 5.32 Å². The van der Waals surface area contributed by atoms with Crippen molar-refractivity contribution in [3.63, 3.8) is 0 Å². The Morgan fingerprint density at radius 1 is 1.07 bits per heavy atom. The minimum Gasteiger partial charge on any atom is -0.377 e. The van der Waals surface area contributed by atoms with Gasteiger partial charge in [-0.1, -0.05) is 32.1 Å². The van der Waals surface area contributed by atoms with Crippen molar-refractivity contribution in [2.75, 3.05) is 19.7 Å². The van der Waals surface area contributed by atoms with Crippen LogP contribution in [0, 0.1) is 5.92 Å². The Bertz CT molecular complexity index is 148. The van der Waals surface area contributed by atoms with E-state index in [1.54, 1.807) is 0 Å². The highest BCUT2D eigenvalue weighted by Gasteiger charge is 2.16. The summed E-state index contributed by atoms with van der Waals surface area (Å²) in [4.78, 5) is 0. The zero-order valence-electron chi connectivity index (χ0n) is 9.13. The third-order valence-corrected chi connectivity index (χ3v) is 3.62. The molecule has 0 radical (unpaired) electrons. The predicted octanol–water partition coefficient (Wildman–Crippen LogP) is 2.34. The van der Waals surface area contributed by atoms with Gasteiger partial charge in [-0.15, -0.1) is 0 Å². The van der Waals surface area contributed by atoms with Crippen LogP contribution in [0.15, 0.2) is 0 Å². The highest BCUT2D eigenvalue weighted by molar-refractivity contribution is 4.71. The van der Waals surface area contributed by atoms with E-state index >= 15 is 0 Å². The monoisotopic (exact) mass is 197 g/mol. The number of rotatable bonds is 4. The Morgan fingerprint density at radius 3 is 2.64 bits per heavy atom. The molecule has 1 N–H and O–H groups in total.